The number of unbranched alkanes of at least 4 members (excludes halogenated alkanes) is 32. The van der Waals surface area contributed by atoms with Crippen LogP contribution in [0.4, 0.5) is 0 Å². The largest absolute Gasteiger partial charge is 0.461 e. The van der Waals surface area contributed by atoms with Gasteiger partial charge >= 0.3 is 11.9 Å². The molecule has 1 aromatic carbocycles. The molecule has 0 aliphatic rings. The van der Waals surface area contributed by atoms with E-state index in [9.17, 15) is 9.59 Å². The molecule has 0 radical (unpaired) electrons. The summed E-state index contributed by atoms with van der Waals surface area (Å²) in [7, 11) is 0. The van der Waals surface area contributed by atoms with Crippen molar-refractivity contribution in [1.82, 2.24) is 9.80 Å². The fourth-order valence-electron chi connectivity index (χ4n) is 8.70. The summed E-state index contributed by atoms with van der Waals surface area (Å²) in [5, 5.41) is 0. The third-order valence-electron chi connectivity index (χ3n) is 12.9. The zero-order chi connectivity index (χ0) is 44.8. The first kappa shape index (κ1) is 58.1. The first-order chi connectivity index (χ1) is 30.5. The molecule has 362 valence electrons. The van der Waals surface area contributed by atoms with Gasteiger partial charge in [-0.25, -0.2) is 9.59 Å². The van der Waals surface area contributed by atoms with Gasteiger partial charge < -0.3 is 9.47 Å². The van der Waals surface area contributed by atoms with Crippen LogP contribution in [0.2, 0.25) is 0 Å². The summed E-state index contributed by atoms with van der Waals surface area (Å²) in [6.45, 7) is 15.8. The smallest absolute Gasteiger partial charge is 0.338 e. The van der Waals surface area contributed by atoms with Crippen LogP contribution in [-0.4, -0.2) is 74.2 Å². The second kappa shape index (κ2) is 45.6. The molecule has 0 saturated heterocycles. The van der Waals surface area contributed by atoms with Crippen molar-refractivity contribution in [2.45, 2.75) is 259 Å². The van der Waals surface area contributed by atoms with Crippen LogP contribution in [0.15, 0.2) is 24.3 Å². The molecule has 0 N–H and O–H groups in total. The Balaban J connectivity index is 2.52. The number of rotatable bonds is 48. The molecule has 1 aromatic rings. The number of carbonyl (C=O) groups is 2. The van der Waals surface area contributed by atoms with Crippen molar-refractivity contribution in [3.05, 3.63) is 35.4 Å². The number of esters is 2. The molecule has 0 fully saturated rings. The molecule has 0 unspecified atom stereocenters. The Kier molecular flexibility index (Phi) is 42.8. The van der Waals surface area contributed by atoms with Crippen LogP contribution in [0.5, 0.6) is 0 Å². The predicted octanol–water partition coefficient (Wildman–Crippen LogP) is 16.7. The Morgan fingerprint density at radius 2 is 0.500 bits per heavy atom. The number of ether oxygens (including phenoxy) is 2. The Morgan fingerprint density at radius 3 is 0.710 bits per heavy atom. The van der Waals surface area contributed by atoms with E-state index in [1.54, 1.807) is 24.3 Å². The summed E-state index contributed by atoms with van der Waals surface area (Å²) in [6.07, 6.45) is 48.0. The fourth-order valence-corrected chi connectivity index (χ4v) is 8.70. The summed E-state index contributed by atoms with van der Waals surface area (Å²) in [4.78, 5) is 31.1. The van der Waals surface area contributed by atoms with Crippen molar-refractivity contribution in [2.24, 2.45) is 0 Å². The minimum absolute atomic E-state index is 0.320. The standard InChI is InChI=1S/C56H104N2O4/c1-5-9-13-17-21-25-29-33-37-45-57(46-38-34-30-26-22-18-14-10-6-2)49-51-61-55(59)53-41-43-54(44-42-53)56(60)62-52-50-58(47-39-35-31-27-23-19-15-11-7-3)48-40-36-32-28-24-20-16-12-8-4/h41-44H,5-40,45-52H2,1-4H3. The van der Waals surface area contributed by atoms with Gasteiger partial charge in [0.05, 0.1) is 11.1 Å². The van der Waals surface area contributed by atoms with Gasteiger partial charge in [0.15, 0.2) is 0 Å². The van der Waals surface area contributed by atoms with Crippen LogP contribution < -0.4 is 0 Å². The third kappa shape index (κ3) is 36.4. The van der Waals surface area contributed by atoms with Crippen LogP contribution in [-0.2, 0) is 9.47 Å². The van der Waals surface area contributed by atoms with Crippen LogP contribution in [0, 0.1) is 0 Å². The first-order valence-corrected chi connectivity index (χ1v) is 27.4. The Bertz CT molecular complexity index is 965. The normalized spacial score (nSPS) is 11.6. The topological polar surface area (TPSA) is 59.1 Å². The van der Waals surface area contributed by atoms with Crippen molar-refractivity contribution in [1.29, 1.82) is 0 Å². The molecule has 0 aromatic heterocycles. The SMILES string of the molecule is CCCCCCCCCCCN(CCCCCCCCCCC)CCOC(=O)c1ccc(C(=O)OCCN(CCCCCCCCCCC)CCCCCCCCCCC)cc1. The van der Waals surface area contributed by atoms with Gasteiger partial charge in [-0.15, -0.1) is 0 Å². The fraction of sp³-hybridized carbons (Fsp3) is 0.857. The Morgan fingerprint density at radius 1 is 0.306 bits per heavy atom. The van der Waals surface area contributed by atoms with Gasteiger partial charge in [0.25, 0.3) is 0 Å². The first-order valence-electron chi connectivity index (χ1n) is 27.4. The van der Waals surface area contributed by atoms with Gasteiger partial charge in [0, 0.05) is 13.1 Å². The molecule has 0 amide bonds. The third-order valence-corrected chi connectivity index (χ3v) is 12.9. The quantitative estimate of drug-likeness (QED) is 0.0480. The molecule has 62 heavy (non-hydrogen) atoms. The average Bonchev–Trinajstić information content (AvgIpc) is 3.28. The summed E-state index contributed by atoms with van der Waals surface area (Å²) >= 11 is 0. The molecule has 0 spiro atoms. The van der Waals surface area contributed by atoms with Gasteiger partial charge in [0.1, 0.15) is 13.2 Å². The molecule has 6 nitrogen and oxygen atoms in total. The molecule has 0 heterocycles. The molecule has 0 saturated carbocycles. The maximum absolute atomic E-state index is 13.0. The molecule has 1 rings (SSSR count). The Hall–Kier alpha value is -1.92. The maximum atomic E-state index is 13.0. The zero-order valence-corrected chi connectivity index (χ0v) is 41.9. The lowest BCUT2D eigenvalue weighted by Crippen LogP contribution is -2.30. The van der Waals surface area contributed by atoms with Gasteiger partial charge in [0.2, 0.25) is 0 Å². The highest BCUT2D eigenvalue weighted by Crippen LogP contribution is 2.15. The van der Waals surface area contributed by atoms with Crippen LogP contribution in [0.3, 0.4) is 0 Å². The average molecular weight is 869 g/mol. The van der Waals surface area contributed by atoms with E-state index in [1.807, 2.05) is 0 Å². The summed E-state index contributed by atoms with van der Waals surface area (Å²) in [5.41, 5.74) is 0.970. The summed E-state index contributed by atoms with van der Waals surface area (Å²) < 4.78 is 11.6. The summed E-state index contributed by atoms with van der Waals surface area (Å²) in [5.74, 6) is -0.640. The predicted molar refractivity (Wildman–Crippen MR) is 269 cm³/mol. The van der Waals surface area contributed by atoms with E-state index in [1.165, 1.54) is 231 Å². The monoisotopic (exact) mass is 869 g/mol. The van der Waals surface area contributed by atoms with Crippen LogP contribution >= 0.6 is 0 Å². The van der Waals surface area contributed by atoms with Crippen molar-refractivity contribution >= 4 is 11.9 Å². The highest BCUT2D eigenvalue weighted by atomic mass is 16.5. The molecular weight excluding hydrogens is 765 g/mol. The lowest BCUT2D eigenvalue weighted by atomic mass is 10.1. The van der Waals surface area contributed by atoms with Gasteiger partial charge in [-0.2, -0.15) is 0 Å². The number of carbonyl (C=O) groups excluding carboxylic acids is 2. The maximum Gasteiger partial charge on any atom is 0.338 e. The van der Waals surface area contributed by atoms with Gasteiger partial charge in [-0.1, -0.05) is 233 Å². The van der Waals surface area contributed by atoms with Crippen molar-refractivity contribution < 1.29 is 19.1 Å². The molecule has 0 atom stereocenters. The number of benzene rings is 1. The second-order valence-electron chi connectivity index (χ2n) is 18.8. The van der Waals surface area contributed by atoms with Crippen LogP contribution in [0.1, 0.15) is 280 Å². The summed E-state index contributed by atoms with van der Waals surface area (Å²) in [6, 6.07) is 6.84. The van der Waals surface area contributed by atoms with E-state index in [0.29, 0.717) is 24.3 Å². The van der Waals surface area contributed by atoms with Crippen molar-refractivity contribution in [2.75, 3.05) is 52.5 Å². The number of hydrogen-bond donors (Lipinski definition) is 0. The highest BCUT2D eigenvalue weighted by molar-refractivity contribution is 5.93. The van der Waals surface area contributed by atoms with Crippen molar-refractivity contribution in [3.63, 3.8) is 0 Å². The van der Waals surface area contributed by atoms with Gasteiger partial charge in [-0.05, 0) is 76.1 Å². The number of nitrogens with zero attached hydrogens (tertiary/aromatic N) is 2. The minimum atomic E-state index is -0.320. The second-order valence-corrected chi connectivity index (χ2v) is 18.8. The van der Waals surface area contributed by atoms with E-state index < -0.39 is 0 Å². The lowest BCUT2D eigenvalue weighted by Gasteiger charge is -2.22. The zero-order valence-electron chi connectivity index (χ0n) is 41.9. The molecule has 6 heteroatoms. The van der Waals surface area contributed by atoms with Crippen molar-refractivity contribution in [3.8, 4) is 0 Å². The molecule has 0 aliphatic heterocycles. The van der Waals surface area contributed by atoms with Crippen LogP contribution in [0.25, 0.3) is 0 Å². The lowest BCUT2D eigenvalue weighted by molar-refractivity contribution is 0.0446. The van der Waals surface area contributed by atoms with E-state index in [4.69, 9.17) is 9.47 Å². The number of hydrogen-bond acceptors (Lipinski definition) is 6. The van der Waals surface area contributed by atoms with E-state index in [0.717, 1.165) is 39.3 Å². The van der Waals surface area contributed by atoms with Gasteiger partial charge in [-0.3, -0.25) is 9.80 Å². The van der Waals surface area contributed by atoms with E-state index in [2.05, 4.69) is 37.5 Å². The highest BCUT2D eigenvalue weighted by Gasteiger charge is 2.14. The van der Waals surface area contributed by atoms with E-state index in [-0.39, 0.29) is 11.9 Å². The van der Waals surface area contributed by atoms with E-state index >= 15 is 0 Å². The molecular formula is C56H104N2O4. The minimum Gasteiger partial charge on any atom is -0.461 e. The Labute approximate surface area is 386 Å². The molecule has 0 aliphatic carbocycles. The molecule has 0 bridgehead atoms.